The topological polar surface area (TPSA) is 59.7 Å². The molecule has 1 aromatic heterocycles. The summed E-state index contributed by atoms with van der Waals surface area (Å²) in [6.07, 6.45) is 2.98. The summed E-state index contributed by atoms with van der Waals surface area (Å²) in [5, 5.41) is 10.0. The second-order valence-corrected chi connectivity index (χ2v) is 8.62. The van der Waals surface area contributed by atoms with Crippen LogP contribution >= 0.6 is 0 Å². The van der Waals surface area contributed by atoms with Gasteiger partial charge in [-0.25, -0.2) is 0 Å². The summed E-state index contributed by atoms with van der Waals surface area (Å²) in [4.78, 5) is 21.0. The Hall–Kier alpha value is -3.15. The molecule has 6 heteroatoms. The average molecular weight is 402 g/mol. The quantitative estimate of drug-likeness (QED) is 0.662. The second kappa shape index (κ2) is 6.97. The lowest BCUT2D eigenvalue weighted by Crippen LogP contribution is -2.31. The van der Waals surface area contributed by atoms with Crippen molar-refractivity contribution in [2.75, 3.05) is 18.5 Å². The first-order valence-corrected chi connectivity index (χ1v) is 10.4. The summed E-state index contributed by atoms with van der Waals surface area (Å²) in [5.41, 5.74) is 7.87. The number of rotatable bonds is 3. The summed E-state index contributed by atoms with van der Waals surface area (Å²) in [6.45, 7) is 6.71. The molecule has 0 fully saturated rings. The molecule has 0 aliphatic carbocycles. The Morgan fingerprint density at radius 1 is 1.17 bits per heavy atom. The molecule has 0 amide bonds. The zero-order valence-electron chi connectivity index (χ0n) is 17.8. The molecule has 2 aliphatic rings. The summed E-state index contributed by atoms with van der Waals surface area (Å²) in [7, 11) is 1.96. The van der Waals surface area contributed by atoms with Gasteiger partial charge in [0.15, 0.2) is 5.78 Å². The van der Waals surface area contributed by atoms with Crippen molar-refractivity contribution < 1.29 is 9.63 Å². The van der Waals surface area contributed by atoms with Gasteiger partial charge in [0, 0.05) is 30.8 Å². The van der Waals surface area contributed by atoms with Crippen LogP contribution in [0.15, 0.2) is 41.7 Å². The predicted molar refractivity (Wildman–Crippen MR) is 118 cm³/mol. The SMILES string of the molecule is Cc1cc(C)c(C2=NOC(CC3C(=O)CN(C)c4cccc5cnn3c45)C2)c(C)c1. The molecule has 0 spiro atoms. The van der Waals surface area contributed by atoms with Gasteiger partial charge in [-0.05, 0) is 38.0 Å². The fourth-order valence-electron chi connectivity index (χ4n) is 5.01. The van der Waals surface area contributed by atoms with Crippen molar-refractivity contribution in [2.45, 2.75) is 45.8 Å². The number of anilines is 1. The standard InChI is InChI=1S/C24H26N4O2/c1-14-8-15(2)23(16(3)9-14)19-10-18(30-26-19)11-21-22(29)13-27(4)20-7-5-6-17-12-25-28(21)24(17)20/h5-9,12,18,21H,10-11,13H2,1-4H3. The molecule has 154 valence electrons. The zero-order valence-corrected chi connectivity index (χ0v) is 17.8. The van der Waals surface area contributed by atoms with Crippen molar-refractivity contribution in [3.63, 3.8) is 0 Å². The van der Waals surface area contributed by atoms with Crippen LogP contribution in [0.2, 0.25) is 0 Å². The number of nitrogens with zero attached hydrogens (tertiary/aromatic N) is 4. The number of carbonyl (C=O) groups is 1. The number of aryl methyl sites for hydroxylation is 3. The molecule has 3 aromatic rings. The van der Waals surface area contributed by atoms with Crippen LogP contribution < -0.4 is 4.90 Å². The number of ketones is 1. The van der Waals surface area contributed by atoms with Crippen LogP contribution in [-0.4, -0.2) is 41.0 Å². The minimum absolute atomic E-state index is 0.135. The maximum atomic E-state index is 13.1. The molecule has 0 bridgehead atoms. The van der Waals surface area contributed by atoms with Crippen LogP contribution in [0.5, 0.6) is 0 Å². The van der Waals surface area contributed by atoms with Crippen LogP contribution in [0.4, 0.5) is 5.69 Å². The average Bonchev–Trinajstić information content (AvgIpc) is 3.29. The molecule has 0 N–H and O–H groups in total. The number of para-hydroxylation sites is 1. The molecule has 2 aromatic carbocycles. The Morgan fingerprint density at radius 2 is 1.93 bits per heavy atom. The van der Waals surface area contributed by atoms with E-state index in [2.05, 4.69) is 43.2 Å². The summed E-state index contributed by atoms with van der Waals surface area (Å²) in [5.74, 6) is 0.151. The fourth-order valence-corrected chi connectivity index (χ4v) is 5.01. The first-order valence-electron chi connectivity index (χ1n) is 10.4. The number of hydrogen-bond acceptors (Lipinski definition) is 5. The first kappa shape index (κ1) is 18.9. The van der Waals surface area contributed by atoms with E-state index >= 15 is 0 Å². The number of oxime groups is 1. The van der Waals surface area contributed by atoms with Crippen molar-refractivity contribution in [3.05, 3.63) is 58.8 Å². The Balaban J connectivity index is 1.43. The molecule has 2 atom stereocenters. The van der Waals surface area contributed by atoms with Gasteiger partial charge in [-0.2, -0.15) is 5.10 Å². The van der Waals surface area contributed by atoms with Crippen molar-refractivity contribution >= 4 is 28.1 Å². The number of carbonyl (C=O) groups excluding carboxylic acids is 1. The Kier molecular flexibility index (Phi) is 4.38. The predicted octanol–water partition coefficient (Wildman–Crippen LogP) is 4.10. The lowest BCUT2D eigenvalue weighted by atomic mass is 9.92. The summed E-state index contributed by atoms with van der Waals surface area (Å²) >= 11 is 0. The Bertz CT molecular complexity index is 1170. The van der Waals surface area contributed by atoms with Gasteiger partial charge in [0.25, 0.3) is 0 Å². The number of benzene rings is 2. The molecular weight excluding hydrogens is 376 g/mol. The smallest absolute Gasteiger partial charge is 0.176 e. The van der Waals surface area contributed by atoms with Gasteiger partial charge in [-0.3, -0.25) is 9.48 Å². The summed E-state index contributed by atoms with van der Waals surface area (Å²) < 4.78 is 1.89. The van der Waals surface area contributed by atoms with Crippen LogP contribution in [-0.2, 0) is 9.63 Å². The van der Waals surface area contributed by atoms with Gasteiger partial charge in [0.05, 0.1) is 29.7 Å². The number of aromatic nitrogens is 2. The number of Topliss-reactive ketones (excluding diaryl/α,β-unsaturated/α-hetero) is 1. The molecule has 2 unspecified atom stereocenters. The highest BCUT2D eigenvalue weighted by molar-refractivity contribution is 6.04. The largest absolute Gasteiger partial charge is 0.392 e. The van der Waals surface area contributed by atoms with Crippen molar-refractivity contribution in [1.82, 2.24) is 9.78 Å². The molecule has 0 radical (unpaired) electrons. The van der Waals surface area contributed by atoms with E-state index in [-0.39, 0.29) is 17.9 Å². The third kappa shape index (κ3) is 2.98. The lowest BCUT2D eigenvalue weighted by Gasteiger charge is -2.19. The van der Waals surface area contributed by atoms with Crippen molar-refractivity contribution in [3.8, 4) is 0 Å². The van der Waals surface area contributed by atoms with E-state index in [1.807, 2.05) is 41.0 Å². The zero-order chi connectivity index (χ0) is 21.0. The van der Waals surface area contributed by atoms with Crippen molar-refractivity contribution in [1.29, 1.82) is 0 Å². The van der Waals surface area contributed by atoms with Crippen LogP contribution in [0.3, 0.4) is 0 Å². The second-order valence-electron chi connectivity index (χ2n) is 8.62. The molecule has 6 nitrogen and oxygen atoms in total. The highest BCUT2D eigenvalue weighted by Gasteiger charge is 2.34. The third-order valence-electron chi connectivity index (χ3n) is 6.25. The minimum atomic E-state index is -0.353. The molecule has 0 saturated carbocycles. The van der Waals surface area contributed by atoms with Gasteiger partial charge < -0.3 is 9.74 Å². The van der Waals surface area contributed by atoms with E-state index in [1.54, 1.807) is 0 Å². The van der Waals surface area contributed by atoms with E-state index in [0.29, 0.717) is 19.4 Å². The van der Waals surface area contributed by atoms with E-state index in [0.717, 1.165) is 22.3 Å². The monoisotopic (exact) mass is 402 g/mol. The highest BCUT2D eigenvalue weighted by atomic mass is 16.6. The lowest BCUT2D eigenvalue weighted by molar-refractivity contribution is -0.122. The normalized spacial score (nSPS) is 21.0. The highest BCUT2D eigenvalue weighted by Crippen LogP contribution is 2.35. The van der Waals surface area contributed by atoms with Gasteiger partial charge in [-0.1, -0.05) is 35.0 Å². The molecule has 3 heterocycles. The fraction of sp³-hybridized carbons (Fsp3) is 0.375. The molecular formula is C24H26N4O2. The van der Waals surface area contributed by atoms with Gasteiger partial charge in [-0.15, -0.1) is 0 Å². The summed E-state index contributed by atoms with van der Waals surface area (Å²) in [6, 6.07) is 10.1. The Morgan fingerprint density at radius 3 is 2.70 bits per heavy atom. The van der Waals surface area contributed by atoms with E-state index in [4.69, 9.17) is 4.84 Å². The van der Waals surface area contributed by atoms with Crippen molar-refractivity contribution in [2.24, 2.45) is 5.16 Å². The molecule has 5 rings (SSSR count). The van der Waals surface area contributed by atoms with Gasteiger partial charge in [0.2, 0.25) is 0 Å². The molecule has 30 heavy (non-hydrogen) atoms. The van der Waals surface area contributed by atoms with Gasteiger partial charge >= 0.3 is 0 Å². The maximum absolute atomic E-state index is 13.1. The maximum Gasteiger partial charge on any atom is 0.176 e. The van der Waals surface area contributed by atoms with Crippen LogP contribution in [0.1, 0.15) is 41.1 Å². The van der Waals surface area contributed by atoms with Crippen LogP contribution in [0.25, 0.3) is 10.9 Å². The molecule has 2 aliphatic heterocycles. The third-order valence-corrected chi connectivity index (χ3v) is 6.25. The first-order chi connectivity index (χ1) is 14.4. The minimum Gasteiger partial charge on any atom is -0.392 e. The number of hydrogen-bond donors (Lipinski definition) is 0. The molecule has 0 saturated heterocycles. The van der Waals surface area contributed by atoms with Crippen LogP contribution in [0, 0.1) is 20.8 Å². The number of likely N-dealkylation sites (N-methyl/N-ethyl adjacent to an activating group) is 1. The van der Waals surface area contributed by atoms with E-state index < -0.39 is 0 Å². The Labute approximate surface area is 176 Å². The van der Waals surface area contributed by atoms with E-state index in [1.165, 1.54) is 22.3 Å². The van der Waals surface area contributed by atoms with E-state index in [9.17, 15) is 4.79 Å². The van der Waals surface area contributed by atoms with Gasteiger partial charge in [0.1, 0.15) is 12.1 Å².